The molecule has 0 aliphatic carbocycles. The van der Waals surface area contributed by atoms with Crippen LogP contribution in [0.3, 0.4) is 0 Å². The second-order valence-corrected chi connectivity index (χ2v) is 5.37. The van der Waals surface area contributed by atoms with Crippen molar-refractivity contribution in [3.8, 4) is 0 Å². The quantitative estimate of drug-likeness (QED) is 0.591. The van der Waals surface area contributed by atoms with Crippen molar-refractivity contribution < 1.29 is 30.6 Å². The topological polar surface area (TPSA) is 63.7 Å². The Kier molecular flexibility index (Phi) is 3.46. The zero-order chi connectivity index (χ0) is 15.0. The van der Waals surface area contributed by atoms with Crippen LogP contribution in [0.4, 0.5) is 23.7 Å². The molecule has 0 bridgehead atoms. The summed E-state index contributed by atoms with van der Waals surface area (Å²) in [5.74, 6) is 0. The number of carbonyl (C=O) groups is 1. The van der Waals surface area contributed by atoms with Gasteiger partial charge in [-0.3, -0.25) is 4.90 Å². The Morgan fingerprint density at radius 1 is 1.25 bits per heavy atom. The smallest absolute Gasteiger partial charge is 0.321 e. The first-order valence-electron chi connectivity index (χ1n) is 5.31. The zero-order valence-electron chi connectivity index (χ0n) is 9.79. The Hall–Kier alpha value is -2.03. The Bertz CT molecular complexity index is 666. The Balaban J connectivity index is 2.27. The Labute approximate surface area is 112 Å². The molecule has 20 heavy (non-hydrogen) atoms. The van der Waals surface area contributed by atoms with Crippen molar-refractivity contribution in [2.24, 2.45) is 0 Å². The molecule has 1 amide bonds. The van der Waals surface area contributed by atoms with E-state index in [0.29, 0.717) is 16.9 Å². The lowest BCUT2D eigenvalue weighted by molar-refractivity contribution is -0.0514. The van der Waals surface area contributed by atoms with Crippen LogP contribution in [-0.4, -0.2) is 20.0 Å². The van der Waals surface area contributed by atoms with Crippen LogP contribution in [0.1, 0.15) is 5.56 Å². The number of carbonyl (C=O) groups excluding carboxylic acids is 1. The monoisotopic (exact) mass is 307 g/mol. The van der Waals surface area contributed by atoms with Crippen LogP contribution in [0.25, 0.3) is 0 Å². The minimum absolute atomic E-state index is 0.275. The highest BCUT2D eigenvalue weighted by Crippen LogP contribution is 2.29. The summed E-state index contributed by atoms with van der Waals surface area (Å²) in [6.07, 6.45) is 1.51. The minimum Gasteiger partial charge on any atom is -0.321 e. The third-order valence-electron chi connectivity index (χ3n) is 2.50. The van der Waals surface area contributed by atoms with Crippen LogP contribution < -0.4 is 4.90 Å². The lowest BCUT2D eigenvalue weighted by Gasteiger charge is -2.23. The molecule has 1 aliphatic rings. The van der Waals surface area contributed by atoms with Crippen molar-refractivity contribution in [1.82, 2.24) is 0 Å². The fraction of sp³-hybridized carbons (Fsp3) is 0.182. The van der Waals surface area contributed by atoms with Gasteiger partial charge in [-0.05, 0) is 18.1 Å². The number of hydrogen-bond donors (Lipinski definition) is 0. The first-order chi connectivity index (χ1) is 9.22. The lowest BCUT2D eigenvalue weighted by Crippen LogP contribution is -2.35. The van der Waals surface area contributed by atoms with E-state index in [9.17, 15) is 26.4 Å². The maximum Gasteiger partial charge on any atom is 0.534 e. The van der Waals surface area contributed by atoms with E-state index in [1.54, 1.807) is 18.2 Å². The number of rotatable bonds is 1. The number of hydrogen-bond acceptors (Lipinski definition) is 4. The third kappa shape index (κ3) is 2.62. The van der Waals surface area contributed by atoms with E-state index in [-0.39, 0.29) is 5.69 Å². The van der Waals surface area contributed by atoms with Crippen LogP contribution >= 0.6 is 0 Å². The van der Waals surface area contributed by atoms with E-state index < -0.39 is 21.7 Å². The largest absolute Gasteiger partial charge is 0.534 e. The highest BCUT2D eigenvalue weighted by atomic mass is 32.2. The molecule has 0 fully saturated rings. The van der Waals surface area contributed by atoms with Gasteiger partial charge in [0.05, 0.1) is 5.69 Å². The minimum atomic E-state index is -5.97. The van der Waals surface area contributed by atoms with Crippen LogP contribution in [-0.2, 0) is 20.7 Å². The number of anilines is 1. The molecule has 0 aromatic heterocycles. The fourth-order valence-corrected chi connectivity index (χ4v) is 1.99. The first-order valence-corrected chi connectivity index (χ1v) is 6.72. The Morgan fingerprint density at radius 2 is 1.90 bits per heavy atom. The molecule has 0 N–H and O–H groups in total. The number of fused-ring (bicyclic) bond motifs is 1. The van der Waals surface area contributed by atoms with Crippen LogP contribution in [0.2, 0.25) is 0 Å². The summed E-state index contributed by atoms with van der Waals surface area (Å²) in [6.45, 7) is 0. The lowest BCUT2D eigenvalue weighted by atomic mass is 10.1. The number of benzene rings is 1. The second-order valence-electron chi connectivity index (χ2n) is 3.84. The van der Waals surface area contributed by atoms with E-state index in [4.69, 9.17) is 0 Å². The van der Waals surface area contributed by atoms with Crippen molar-refractivity contribution in [3.05, 3.63) is 42.1 Å². The van der Waals surface area contributed by atoms with Gasteiger partial charge < -0.3 is 4.18 Å². The van der Waals surface area contributed by atoms with E-state index >= 15 is 0 Å². The molecule has 1 heterocycles. The van der Waals surface area contributed by atoms with Crippen molar-refractivity contribution in [2.45, 2.75) is 11.9 Å². The van der Waals surface area contributed by atoms with Gasteiger partial charge >= 0.3 is 21.7 Å². The fourth-order valence-electron chi connectivity index (χ4n) is 1.62. The molecule has 1 aromatic carbocycles. The summed E-state index contributed by atoms with van der Waals surface area (Å²) in [7, 11) is -5.97. The van der Waals surface area contributed by atoms with Gasteiger partial charge in [-0.25, -0.2) is 4.79 Å². The average Bonchev–Trinajstić information content (AvgIpc) is 2.36. The van der Waals surface area contributed by atoms with Crippen molar-refractivity contribution in [1.29, 1.82) is 0 Å². The molecule has 1 aliphatic heterocycles. The van der Waals surface area contributed by atoms with Gasteiger partial charge in [0, 0.05) is 6.20 Å². The molecule has 0 radical (unpaired) electrons. The summed E-state index contributed by atoms with van der Waals surface area (Å²) in [5, 5.41) is 0. The first kappa shape index (κ1) is 14.4. The predicted molar refractivity (Wildman–Crippen MR) is 63.2 cm³/mol. The van der Waals surface area contributed by atoms with Gasteiger partial charge in [-0.15, -0.1) is 0 Å². The van der Waals surface area contributed by atoms with E-state index in [1.165, 1.54) is 12.1 Å². The van der Waals surface area contributed by atoms with Gasteiger partial charge in [-0.2, -0.15) is 21.6 Å². The molecule has 0 atom stereocenters. The van der Waals surface area contributed by atoms with Gasteiger partial charge in [-0.1, -0.05) is 24.3 Å². The van der Waals surface area contributed by atoms with E-state index in [0.717, 1.165) is 6.20 Å². The van der Waals surface area contributed by atoms with Crippen LogP contribution in [0, 0.1) is 0 Å². The third-order valence-corrected chi connectivity index (χ3v) is 3.43. The zero-order valence-corrected chi connectivity index (χ0v) is 10.6. The molecule has 0 unspecified atom stereocenters. The maximum atomic E-state index is 12.2. The SMILES string of the molecule is O=C(OS(=O)(=O)C(F)(F)F)N1C=CCc2ccccc21. The van der Waals surface area contributed by atoms with E-state index in [1.807, 2.05) is 0 Å². The summed E-state index contributed by atoms with van der Waals surface area (Å²) < 4.78 is 61.6. The summed E-state index contributed by atoms with van der Waals surface area (Å²) in [6, 6.07) is 6.39. The van der Waals surface area contributed by atoms with Crippen molar-refractivity contribution in [2.75, 3.05) is 4.90 Å². The highest BCUT2D eigenvalue weighted by molar-refractivity contribution is 7.88. The number of nitrogens with zero attached hydrogens (tertiary/aromatic N) is 1. The Morgan fingerprint density at radius 3 is 2.55 bits per heavy atom. The molecular formula is C11H8F3NO4S. The number of halogens is 3. The molecular weight excluding hydrogens is 299 g/mol. The maximum absolute atomic E-state index is 12.2. The highest BCUT2D eigenvalue weighted by Gasteiger charge is 2.50. The number of allylic oxidation sites excluding steroid dienone is 1. The molecule has 9 heteroatoms. The molecule has 5 nitrogen and oxygen atoms in total. The van der Waals surface area contributed by atoms with E-state index in [2.05, 4.69) is 4.18 Å². The standard InChI is InChI=1S/C11H8F3NO4S/c12-11(13,14)20(17,18)19-10(16)15-7-3-5-8-4-1-2-6-9(8)15/h1-4,6-7H,5H2. The molecule has 2 rings (SSSR count). The second kappa shape index (κ2) is 4.82. The molecule has 0 saturated heterocycles. The number of para-hydroxylation sites is 1. The van der Waals surface area contributed by atoms with Gasteiger partial charge in [0.1, 0.15) is 0 Å². The number of alkyl halides is 3. The number of amides is 1. The molecule has 1 aromatic rings. The van der Waals surface area contributed by atoms with Gasteiger partial charge in [0.2, 0.25) is 0 Å². The normalized spacial score (nSPS) is 14.8. The summed E-state index contributed by atoms with van der Waals surface area (Å²) >= 11 is 0. The van der Waals surface area contributed by atoms with Gasteiger partial charge in [0.15, 0.2) is 0 Å². The molecule has 0 saturated carbocycles. The van der Waals surface area contributed by atoms with Gasteiger partial charge in [0.25, 0.3) is 0 Å². The predicted octanol–water partition coefficient (Wildman–Crippen LogP) is 2.55. The van der Waals surface area contributed by atoms with Crippen molar-refractivity contribution in [3.63, 3.8) is 0 Å². The molecule has 0 spiro atoms. The van der Waals surface area contributed by atoms with Crippen LogP contribution in [0.15, 0.2) is 36.5 Å². The molecule has 108 valence electrons. The average molecular weight is 307 g/mol. The summed E-state index contributed by atoms with van der Waals surface area (Å²) in [4.78, 5) is 12.3. The van der Waals surface area contributed by atoms with Crippen LogP contribution in [0.5, 0.6) is 0 Å². The summed E-state index contributed by atoms with van der Waals surface area (Å²) in [5.41, 5.74) is -4.71. The van der Waals surface area contributed by atoms with Crippen molar-refractivity contribution >= 4 is 21.9 Å².